The van der Waals surface area contributed by atoms with Gasteiger partial charge in [-0.25, -0.2) is 0 Å². The van der Waals surface area contributed by atoms with Crippen molar-refractivity contribution in [1.82, 2.24) is 9.78 Å². The summed E-state index contributed by atoms with van der Waals surface area (Å²) in [6.07, 6.45) is 0. The van der Waals surface area contributed by atoms with E-state index in [0.29, 0.717) is 6.04 Å². The van der Waals surface area contributed by atoms with Crippen LogP contribution in [0.5, 0.6) is 0 Å². The van der Waals surface area contributed by atoms with Crippen LogP contribution >= 0.6 is 11.6 Å². The van der Waals surface area contributed by atoms with E-state index >= 15 is 0 Å². The van der Waals surface area contributed by atoms with Gasteiger partial charge >= 0.3 is 0 Å². The molecule has 0 spiro atoms. The minimum Gasteiger partial charge on any atom is -0.375 e. The van der Waals surface area contributed by atoms with Gasteiger partial charge in [-0.3, -0.25) is 4.68 Å². The fraction of sp³-hybridized carbons (Fsp3) is 0.438. The molecule has 0 saturated carbocycles. The molecule has 0 bridgehead atoms. The van der Waals surface area contributed by atoms with Gasteiger partial charge in [0.2, 0.25) is 0 Å². The second kappa shape index (κ2) is 5.88. The number of hydrogen-bond donors (Lipinski definition) is 1. The van der Waals surface area contributed by atoms with E-state index in [9.17, 15) is 0 Å². The number of benzene rings is 1. The van der Waals surface area contributed by atoms with E-state index in [4.69, 9.17) is 11.6 Å². The molecule has 0 aliphatic rings. The van der Waals surface area contributed by atoms with Gasteiger partial charge in [-0.15, -0.1) is 0 Å². The standard InChI is InChI=1S/C16H22ClN3/c1-10(2)20-13(5)16(12(4)19-20)18-11(3)14-8-6-7-9-15(14)17/h6-11,18H,1-5H3. The third-order valence-electron chi connectivity index (χ3n) is 3.55. The van der Waals surface area contributed by atoms with Crippen LogP contribution in [-0.2, 0) is 0 Å². The van der Waals surface area contributed by atoms with Crippen molar-refractivity contribution in [3.05, 3.63) is 46.2 Å². The number of rotatable bonds is 4. The van der Waals surface area contributed by atoms with E-state index in [-0.39, 0.29) is 6.04 Å². The summed E-state index contributed by atoms with van der Waals surface area (Å²) in [6, 6.07) is 8.44. The predicted octanol–water partition coefficient (Wildman–Crippen LogP) is 4.91. The van der Waals surface area contributed by atoms with Gasteiger partial charge in [0.1, 0.15) is 0 Å². The topological polar surface area (TPSA) is 29.9 Å². The molecule has 2 rings (SSSR count). The Morgan fingerprint density at radius 1 is 1.15 bits per heavy atom. The number of nitrogens with zero attached hydrogens (tertiary/aromatic N) is 2. The van der Waals surface area contributed by atoms with Gasteiger partial charge in [0.25, 0.3) is 0 Å². The van der Waals surface area contributed by atoms with Crippen LogP contribution < -0.4 is 5.32 Å². The molecule has 20 heavy (non-hydrogen) atoms. The summed E-state index contributed by atoms with van der Waals surface area (Å²) in [6.45, 7) is 10.5. The highest BCUT2D eigenvalue weighted by molar-refractivity contribution is 6.31. The first-order valence-electron chi connectivity index (χ1n) is 6.98. The van der Waals surface area contributed by atoms with Crippen molar-refractivity contribution in [3.63, 3.8) is 0 Å². The van der Waals surface area contributed by atoms with Crippen LogP contribution in [0.2, 0.25) is 5.02 Å². The Labute approximate surface area is 126 Å². The van der Waals surface area contributed by atoms with Crippen LogP contribution in [0.25, 0.3) is 0 Å². The fourth-order valence-electron chi connectivity index (χ4n) is 2.50. The van der Waals surface area contributed by atoms with Crippen LogP contribution in [0.1, 0.15) is 49.8 Å². The van der Waals surface area contributed by atoms with E-state index < -0.39 is 0 Å². The molecule has 0 aliphatic heterocycles. The summed E-state index contributed by atoms with van der Waals surface area (Å²) in [5.41, 5.74) is 4.39. The Balaban J connectivity index is 2.29. The van der Waals surface area contributed by atoms with Crippen molar-refractivity contribution in [2.75, 3.05) is 5.32 Å². The van der Waals surface area contributed by atoms with Gasteiger partial charge in [0, 0.05) is 11.1 Å². The zero-order valence-corrected chi connectivity index (χ0v) is 13.5. The average Bonchev–Trinajstić information content (AvgIpc) is 2.67. The van der Waals surface area contributed by atoms with Crippen molar-refractivity contribution >= 4 is 17.3 Å². The molecule has 1 unspecified atom stereocenters. The highest BCUT2D eigenvalue weighted by Gasteiger charge is 2.16. The number of anilines is 1. The first-order chi connectivity index (χ1) is 9.41. The fourth-order valence-corrected chi connectivity index (χ4v) is 2.79. The summed E-state index contributed by atoms with van der Waals surface area (Å²) < 4.78 is 2.05. The largest absolute Gasteiger partial charge is 0.375 e. The molecular weight excluding hydrogens is 270 g/mol. The van der Waals surface area contributed by atoms with Crippen molar-refractivity contribution in [2.45, 2.75) is 46.7 Å². The van der Waals surface area contributed by atoms with Gasteiger partial charge in [0.05, 0.1) is 23.1 Å². The smallest absolute Gasteiger partial charge is 0.0828 e. The molecule has 4 heteroatoms. The zero-order valence-electron chi connectivity index (χ0n) is 12.7. The molecule has 108 valence electrons. The summed E-state index contributed by atoms with van der Waals surface area (Å²) in [7, 11) is 0. The first kappa shape index (κ1) is 14.9. The lowest BCUT2D eigenvalue weighted by Crippen LogP contribution is -2.09. The molecule has 1 N–H and O–H groups in total. The summed E-state index contributed by atoms with van der Waals surface area (Å²) in [5.74, 6) is 0. The maximum atomic E-state index is 6.26. The molecule has 2 aromatic rings. The maximum Gasteiger partial charge on any atom is 0.0828 e. The number of halogens is 1. The molecule has 1 aromatic carbocycles. The Bertz CT molecular complexity index is 602. The Kier molecular flexibility index (Phi) is 4.39. The average molecular weight is 292 g/mol. The summed E-state index contributed by atoms with van der Waals surface area (Å²) in [4.78, 5) is 0. The third kappa shape index (κ3) is 2.83. The Morgan fingerprint density at radius 2 is 1.80 bits per heavy atom. The van der Waals surface area contributed by atoms with Crippen LogP contribution in [-0.4, -0.2) is 9.78 Å². The lowest BCUT2D eigenvalue weighted by molar-refractivity contribution is 0.516. The van der Waals surface area contributed by atoms with Crippen molar-refractivity contribution < 1.29 is 0 Å². The van der Waals surface area contributed by atoms with Crippen molar-refractivity contribution in [3.8, 4) is 0 Å². The molecule has 0 amide bonds. The first-order valence-corrected chi connectivity index (χ1v) is 7.36. The summed E-state index contributed by atoms with van der Waals surface area (Å²) in [5, 5.41) is 8.93. The molecule has 0 radical (unpaired) electrons. The quantitative estimate of drug-likeness (QED) is 0.867. The molecule has 0 aliphatic carbocycles. The van der Waals surface area contributed by atoms with Crippen LogP contribution in [0.3, 0.4) is 0 Å². The molecule has 0 fully saturated rings. The van der Waals surface area contributed by atoms with Gasteiger partial charge in [-0.05, 0) is 46.2 Å². The summed E-state index contributed by atoms with van der Waals surface area (Å²) >= 11 is 6.26. The van der Waals surface area contributed by atoms with E-state index in [1.54, 1.807) is 0 Å². The number of aromatic nitrogens is 2. The highest BCUT2D eigenvalue weighted by Crippen LogP contribution is 2.29. The van der Waals surface area contributed by atoms with Crippen molar-refractivity contribution in [1.29, 1.82) is 0 Å². The van der Waals surface area contributed by atoms with Gasteiger partial charge in [0.15, 0.2) is 0 Å². The molecule has 1 heterocycles. The lowest BCUT2D eigenvalue weighted by Gasteiger charge is -2.17. The second-order valence-electron chi connectivity index (χ2n) is 5.47. The SMILES string of the molecule is Cc1nn(C(C)C)c(C)c1NC(C)c1ccccc1Cl. The van der Waals surface area contributed by atoms with Crippen LogP contribution in [0.4, 0.5) is 5.69 Å². The third-order valence-corrected chi connectivity index (χ3v) is 3.89. The number of hydrogen-bond acceptors (Lipinski definition) is 2. The van der Waals surface area contributed by atoms with Gasteiger partial charge in [-0.1, -0.05) is 29.8 Å². The molecule has 0 saturated heterocycles. The minimum atomic E-state index is 0.144. The Morgan fingerprint density at radius 3 is 2.35 bits per heavy atom. The number of nitrogens with one attached hydrogen (secondary N) is 1. The highest BCUT2D eigenvalue weighted by atomic mass is 35.5. The van der Waals surface area contributed by atoms with Gasteiger partial charge in [-0.2, -0.15) is 5.10 Å². The molecule has 1 atom stereocenters. The monoisotopic (exact) mass is 291 g/mol. The molecule has 1 aromatic heterocycles. The number of aryl methyl sites for hydroxylation is 1. The normalized spacial score (nSPS) is 12.8. The van der Waals surface area contributed by atoms with E-state index in [1.165, 1.54) is 0 Å². The zero-order chi connectivity index (χ0) is 14.9. The minimum absolute atomic E-state index is 0.144. The maximum absolute atomic E-state index is 6.26. The van der Waals surface area contributed by atoms with Crippen LogP contribution in [0, 0.1) is 13.8 Å². The Hall–Kier alpha value is -1.48. The van der Waals surface area contributed by atoms with E-state index in [1.807, 2.05) is 25.1 Å². The lowest BCUT2D eigenvalue weighted by atomic mass is 10.1. The van der Waals surface area contributed by atoms with Crippen LogP contribution in [0.15, 0.2) is 24.3 Å². The molecule has 3 nitrogen and oxygen atoms in total. The van der Waals surface area contributed by atoms with Gasteiger partial charge < -0.3 is 5.32 Å². The molecular formula is C16H22ClN3. The van der Waals surface area contributed by atoms with E-state index in [2.05, 4.69) is 48.9 Å². The predicted molar refractivity (Wildman–Crippen MR) is 85.6 cm³/mol. The van der Waals surface area contributed by atoms with E-state index in [0.717, 1.165) is 27.7 Å². The second-order valence-corrected chi connectivity index (χ2v) is 5.88. The van der Waals surface area contributed by atoms with Crippen molar-refractivity contribution in [2.24, 2.45) is 0 Å².